The lowest BCUT2D eigenvalue weighted by atomic mass is 10.0. The molecule has 9 heteroatoms. The summed E-state index contributed by atoms with van der Waals surface area (Å²) in [7, 11) is 0. The normalized spacial score (nSPS) is 18.5. The zero-order chi connectivity index (χ0) is 22.6. The summed E-state index contributed by atoms with van der Waals surface area (Å²) in [5.74, 6) is -0.785. The van der Waals surface area contributed by atoms with Gasteiger partial charge in [-0.2, -0.15) is 5.10 Å². The number of aromatic amines is 1. The topological polar surface area (TPSA) is 91.4 Å². The number of guanidine groups is 1. The molecule has 0 spiro atoms. The van der Waals surface area contributed by atoms with Crippen molar-refractivity contribution in [2.75, 3.05) is 18.5 Å². The van der Waals surface area contributed by atoms with Crippen molar-refractivity contribution >= 4 is 17.7 Å². The number of anilines is 1. The Morgan fingerprint density at radius 2 is 2.00 bits per heavy atom. The van der Waals surface area contributed by atoms with Crippen LogP contribution in [-0.4, -0.2) is 40.8 Å². The van der Waals surface area contributed by atoms with Gasteiger partial charge in [-0.25, -0.2) is 13.8 Å². The second-order valence-corrected chi connectivity index (χ2v) is 7.83. The molecule has 4 rings (SSSR count). The number of nitrogens with zero attached hydrogens (tertiary/aromatic N) is 2. The number of carbonyl (C=O) groups excluding carboxylic acids is 1. The largest absolute Gasteiger partial charge is 0.373 e. The Balaban J connectivity index is 1.53. The highest BCUT2D eigenvalue weighted by atomic mass is 19.1. The first-order valence-corrected chi connectivity index (χ1v) is 10.2. The van der Waals surface area contributed by atoms with E-state index in [4.69, 9.17) is 4.74 Å². The molecule has 2 aromatic carbocycles. The first kappa shape index (κ1) is 21.6. The number of aliphatic imine (C=N–C) groups is 1. The molecule has 3 N–H and O–H groups in total. The van der Waals surface area contributed by atoms with Crippen molar-refractivity contribution in [3.05, 3.63) is 71.8 Å². The molecule has 32 heavy (non-hydrogen) atoms. The van der Waals surface area contributed by atoms with Gasteiger partial charge in [0.05, 0.1) is 17.8 Å². The fourth-order valence-corrected chi connectivity index (χ4v) is 3.41. The van der Waals surface area contributed by atoms with E-state index in [0.717, 1.165) is 24.5 Å². The van der Waals surface area contributed by atoms with E-state index in [2.05, 4.69) is 25.8 Å². The second-order valence-electron chi connectivity index (χ2n) is 7.83. The smallest absolute Gasteiger partial charge is 0.258 e. The van der Waals surface area contributed by atoms with Gasteiger partial charge < -0.3 is 10.1 Å². The highest BCUT2D eigenvalue weighted by molar-refractivity contribution is 6.09. The molecular weight excluding hydrogens is 416 g/mol. The average molecular weight is 439 g/mol. The number of aromatic nitrogens is 2. The molecule has 1 aliphatic heterocycles. The van der Waals surface area contributed by atoms with E-state index in [-0.39, 0.29) is 17.3 Å². The number of ether oxygens (including phenoxy) is 1. The van der Waals surface area contributed by atoms with Crippen molar-refractivity contribution in [2.45, 2.75) is 25.4 Å². The Morgan fingerprint density at radius 3 is 2.72 bits per heavy atom. The summed E-state index contributed by atoms with van der Waals surface area (Å²) in [6.45, 7) is 2.97. The summed E-state index contributed by atoms with van der Waals surface area (Å²) >= 11 is 0. The average Bonchev–Trinajstić information content (AvgIpc) is 3.42. The predicted molar refractivity (Wildman–Crippen MR) is 117 cm³/mol. The van der Waals surface area contributed by atoms with Crippen molar-refractivity contribution in [1.82, 2.24) is 15.5 Å². The van der Waals surface area contributed by atoms with Crippen LogP contribution in [0.4, 0.5) is 14.6 Å². The number of halogens is 2. The molecule has 0 radical (unpaired) electrons. The van der Waals surface area contributed by atoms with Gasteiger partial charge in [0.25, 0.3) is 5.91 Å². The number of carbonyl (C=O) groups is 1. The zero-order valence-electron chi connectivity index (χ0n) is 17.5. The van der Waals surface area contributed by atoms with E-state index in [1.165, 1.54) is 30.3 Å². The summed E-state index contributed by atoms with van der Waals surface area (Å²) in [4.78, 5) is 17.1. The maximum Gasteiger partial charge on any atom is 0.258 e. The van der Waals surface area contributed by atoms with Crippen molar-refractivity contribution < 1.29 is 18.3 Å². The highest BCUT2D eigenvalue weighted by Crippen LogP contribution is 2.25. The van der Waals surface area contributed by atoms with Crippen LogP contribution in [0.1, 0.15) is 30.1 Å². The van der Waals surface area contributed by atoms with Crippen LogP contribution in [0.2, 0.25) is 0 Å². The van der Waals surface area contributed by atoms with Crippen LogP contribution >= 0.6 is 0 Å². The van der Waals surface area contributed by atoms with Gasteiger partial charge in [-0.15, -0.1) is 0 Å². The minimum absolute atomic E-state index is 0.160. The lowest BCUT2D eigenvalue weighted by Crippen LogP contribution is -2.38. The van der Waals surface area contributed by atoms with Gasteiger partial charge in [-0.05, 0) is 67.8 Å². The molecule has 1 aliphatic rings. The SMILES string of the molecule is CC1(CN=C(NC(=O)c2cccc(F)c2)Nc2cc(-c3ccc(F)cc3)[nH]n2)CCCO1. The Morgan fingerprint density at radius 1 is 1.19 bits per heavy atom. The standard InChI is InChI=1S/C23H23F2N5O2/c1-23(10-3-11-32-23)14-26-22(28-21(31)16-4-2-5-18(25)12-16)27-20-13-19(29-30-20)15-6-8-17(24)9-7-15/h2,4-9,12-13H,3,10-11,14H2,1H3,(H3,26,27,28,29,30,31). The molecule has 166 valence electrons. The monoisotopic (exact) mass is 439 g/mol. The van der Waals surface area contributed by atoms with E-state index in [9.17, 15) is 13.6 Å². The van der Waals surface area contributed by atoms with Crippen LogP contribution in [0, 0.1) is 11.6 Å². The summed E-state index contributed by atoms with van der Waals surface area (Å²) in [6.07, 6.45) is 1.81. The van der Waals surface area contributed by atoms with Gasteiger partial charge in [0, 0.05) is 18.2 Å². The quantitative estimate of drug-likeness (QED) is 0.412. The van der Waals surface area contributed by atoms with E-state index in [1.54, 1.807) is 18.2 Å². The Bertz CT molecular complexity index is 1120. The third kappa shape index (κ3) is 5.36. The van der Waals surface area contributed by atoms with E-state index >= 15 is 0 Å². The van der Waals surface area contributed by atoms with Gasteiger partial charge in [-0.3, -0.25) is 15.2 Å². The molecule has 1 atom stereocenters. The first-order chi connectivity index (χ1) is 15.4. The Kier molecular flexibility index (Phi) is 6.27. The van der Waals surface area contributed by atoms with Crippen LogP contribution in [0.15, 0.2) is 59.6 Å². The minimum Gasteiger partial charge on any atom is -0.373 e. The van der Waals surface area contributed by atoms with Gasteiger partial charge in [-0.1, -0.05) is 6.07 Å². The summed E-state index contributed by atoms with van der Waals surface area (Å²) < 4.78 is 32.5. The number of H-pyrrole nitrogens is 1. The third-order valence-electron chi connectivity index (χ3n) is 5.17. The fraction of sp³-hybridized carbons (Fsp3) is 0.261. The molecule has 0 aliphatic carbocycles. The van der Waals surface area contributed by atoms with Crippen LogP contribution in [0.3, 0.4) is 0 Å². The molecule has 1 unspecified atom stereocenters. The van der Waals surface area contributed by atoms with Gasteiger partial charge >= 0.3 is 0 Å². The molecule has 0 bridgehead atoms. The van der Waals surface area contributed by atoms with Crippen molar-refractivity contribution in [3.8, 4) is 11.3 Å². The van der Waals surface area contributed by atoms with Crippen LogP contribution in [0.25, 0.3) is 11.3 Å². The van der Waals surface area contributed by atoms with Crippen molar-refractivity contribution in [2.24, 2.45) is 4.99 Å². The lowest BCUT2D eigenvalue weighted by molar-refractivity contribution is 0.0284. The van der Waals surface area contributed by atoms with E-state index < -0.39 is 17.3 Å². The molecule has 1 amide bonds. The van der Waals surface area contributed by atoms with Gasteiger partial charge in [0.15, 0.2) is 5.82 Å². The number of nitrogens with one attached hydrogen (secondary N) is 3. The van der Waals surface area contributed by atoms with Gasteiger partial charge in [0.2, 0.25) is 5.96 Å². The number of amides is 1. The number of hydrogen-bond acceptors (Lipinski definition) is 4. The molecule has 3 aromatic rings. The molecule has 7 nitrogen and oxygen atoms in total. The predicted octanol–water partition coefficient (Wildman–Crippen LogP) is 4.12. The Hall–Kier alpha value is -3.59. The summed E-state index contributed by atoms with van der Waals surface area (Å²) in [6, 6.07) is 13.1. The number of hydrogen-bond donors (Lipinski definition) is 3. The zero-order valence-corrected chi connectivity index (χ0v) is 17.5. The third-order valence-corrected chi connectivity index (χ3v) is 5.17. The number of benzene rings is 2. The van der Waals surface area contributed by atoms with Crippen molar-refractivity contribution in [1.29, 1.82) is 0 Å². The molecular formula is C23H23F2N5O2. The maximum absolute atomic E-state index is 13.5. The Labute approximate surface area is 183 Å². The summed E-state index contributed by atoms with van der Waals surface area (Å²) in [5, 5.41) is 12.7. The second kappa shape index (κ2) is 9.27. The van der Waals surface area contributed by atoms with Crippen LogP contribution in [-0.2, 0) is 4.74 Å². The van der Waals surface area contributed by atoms with Crippen LogP contribution in [0.5, 0.6) is 0 Å². The molecule has 0 saturated carbocycles. The number of rotatable bonds is 5. The lowest BCUT2D eigenvalue weighted by Gasteiger charge is -2.21. The molecule has 2 heterocycles. The molecule has 1 aromatic heterocycles. The first-order valence-electron chi connectivity index (χ1n) is 10.2. The van der Waals surface area contributed by atoms with Crippen LogP contribution < -0.4 is 10.6 Å². The van der Waals surface area contributed by atoms with E-state index in [1.807, 2.05) is 6.92 Å². The highest BCUT2D eigenvalue weighted by Gasteiger charge is 2.29. The minimum atomic E-state index is -0.512. The van der Waals surface area contributed by atoms with Crippen molar-refractivity contribution in [3.63, 3.8) is 0 Å². The molecule has 1 fully saturated rings. The fourth-order valence-electron chi connectivity index (χ4n) is 3.41. The summed E-state index contributed by atoms with van der Waals surface area (Å²) in [5.41, 5.74) is 1.16. The van der Waals surface area contributed by atoms with E-state index in [0.29, 0.717) is 24.7 Å². The van der Waals surface area contributed by atoms with Gasteiger partial charge in [0.1, 0.15) is 11.6 Å². The molecule has 1 saturated heterocycles. The maximum atomic E-state index is 13.5.